The minimum Gasteiger partial charge on any atom is -0.383 e. The maximum absolute atomic E-state index is 13.0. The van der Waals surface area contributed by atoms with Crippen LogP contribution in [-0.2, 0) is 11.3 Å². The number of amides is 1. The first-order chi connectivity index (χ1) is 12.1. The molecule has 2 heterocycles. The molecule has 0 radical (unpaired) electrons. The number of ether oxygens (including phenoxy) is 1. The highest BCUT2D eigenvalue weighted by molar-refractivity contribution is 6.39. The Morgan fingerprint density at radius 2 is 2.12 bits per heavy atom. The van der Waals surface area contributed by atoms with Crippen molar-refractivity contribution >= 4 is 40.0 Å². The lowest BCUT2D eigenvalue weighted by molar-refractivity contribution is 0.0673. The summed E-state index contributed by atoms with van der Waals surface area (Å²) in [4.78, 5) is 22.1. The third-order valence-corrected chi connectivity index (χ3v) is 4.47. The van der Waals surface area contributed by atoms with Gasteiger partial charge >= 0.3 is 0 Å². The number of halogens is 2. The highest BCUT2D eigenvalue weighted by atomic mass is 35.5. The van der Waals surface area contributed by atoms with Crippen molar-refractivity contribution in [3.05, 3.63) is 64.0 Å². The normalized spacial score (nSPS) is 11.0. The van der Waals surface area contributed by atoms with Crippen LogP contribution >= 0.6 is 23.2 Å². The van der Waals surface area contributed by atoms with Gasteiger partial charge in [-0.2, -0.15) is 0 Å². The van der Waals surface area contributed by atoms with Crippen molar-refractivity contribution in [2.24, 2.45) is 0 Å². The lowest BCUT2D eigenvalue weighted by Gasteiger charge is -2.21. The molecule has 1 N–H and O–H groups in total. The van der Waals surface area contributed by atoms with Crippen molar-refractivity contribution in [1.29, 1.82) is 0 Å². The van der Waals surface area contributed by atoms with Gasteiger partial charge in [0.25, 0.3) is 5.91 Å². The molecule has 3 rings (SSSR count). The summed E-state index contributed by atoms with van der Waals surface area (Å²) >= 11 is 12.4. The van der Waals surface area contributed by atoms with E-state index >= 15 is 0 Å². The van der Waals surface area contributed by atoms with Crippen LogP contribution in [0.4, 0.5) is 0 Å². The molecule has 0 fully saturated rings. The predicted octanol–water partition coefficient (Wildman–Crippen LogP) is 4.16. The van der Waals surface area contributed by atoms with Gasteiger partial charge in [0.15, 0.2) is 0 Å². The Balaban J connectivity index is 1.92. The largest absolute Gasteiger partial charge is 0.383 e. The Morgan fingerprint density at radius 1 is 1.28 bits per heavy atom. The monoisotopic (exact) mass is 377 g/mol. The topological polar surface area (TPSA) is 58.2 Å². The van der Waals surface area contributed by atoms with Crippen LogP contribution in [0.1, 0.15) is 16.2 Å². The van der Waals surface area contributed by atoms with E-state index in [4.69, 9.17) is 27.9 Å². The van der Waals surface area contributed by atoms with Gasteiger partial charge in [0.2, 0.25) is 0 Å². The quantitative estimate of drug-likeness (QED) is 0.701. The zero-order valence-corrected chi connectivity index (χ0v) is 15.1. The second kappa shape index (κ2) is 7.87. The molecule has 2 aromatic heterocycles. The number of rotatable bonds is 6. The second-order valence-corrected chi connectivity index (χ2v) is 6.36. The van der Waals surface area contributed by atoms with Crippen LogP contribution in [0.15, 0.2) is 42.6 Å². The van der Waals surface area contributed by atoms with Crippen molar-refractivity contribution in [2.75, 3.05) is 20.3 Å². The van der Waals surface area contributed by atoms with E-state index in [9.17, 15) is 4.79 Å². The van der Waals surface area contributed by atoms with Gasteiger partial charge in [0.05, 0.1) is 23.9 Å². The maximum Gasteiger partial charge on any atom is 0.272 e. The first-order valence-electron chi connectivity index (χ1n) is 7.75. The molecule has 0 aliphatic heterocycles. The van der Waals surface area contributed by atoms with Gasteiger partial charge in [-0.05, 0) is 30.3 Å². The van der Waals surface area contributed by atoms with E-state index in [-0.39, 0.29) is 5.91 Å². The molecule has 0 unspecified atom stereocenters. The molecule has 0 spiro atoms. The molecular weight excluding hydrogens is 361 g/mol. The van der Waals surface area contributed by atoms with E-state index in [1.165, 1.54) is 0 Å². The smallest absolute Gasteiger partial charge is 0.272 e. The van der Waals surface area contributed by atoms with Gasteiger partial charge in [-0.3, -0.25) is 9.78 Å². The first-order valence-corrected chi connectivity index (χ1v) is 8.50. The molecule has 130 valence electrons. The van der Waals surface area contributed by atoms with Crippen molar-refractivity contribution in [2.45, 2.75) is 6.54 Å². The van der Waals surface area contributed by atoms with Crippen LogP contribution in [0, 0.1) is 0 Å². The molecule has 0 bridgehead atoms. The van der Waals surface area contributed by atoms with E-state index in [0.717, 1.165) is 16.6 Å². The van der Waals surface area contributed by atoms with E-state index in [0.29, 0.717) is 35.4 Å². The number of nitrogens with one attached hydrogen (secondary N) is 1. The van der Waals surface area contributed by atoms with Crippen molar-refractivity contribution in [1.82, 2.24) is 14.9 Å². The molecule has 1 aromatic carbocycles. The third kappa shape index (κ3) is 3.95. The van der Waals surface area contributed by atoms with E-state index < -0.39 is 0 Å². The Hall–Kier alpha value is -2.08. The number of hydrogen-bond acceptors (Lipinski definition) is 3. The van der Waals surface area contributed by atoms with Gasteiger partial charge < -0.3 is 14.6 Å². The van der Waals surface area contributed by atoms with Crippen LogP contribution in [0.3, 0.4) is 0 Å². The van der Waals surface area contributed by atoms with Gasteiger partial charge in [-0.15, -0.1) is 0 Å². The number of methoxy groups -OCH3 is 1. The van der Waals surface area contributed by atoms with Crippen molar-refractivity contribution in [3.63, 3.8) is 0 Å². The van der Waals surface area contributed by atoms with E-state index in [1.54, 1.807) is 36.4 Å². The number of aromatic nitrogens is 2. The average Bonchev–Trinajstić information content (AvgIpc) is 2.95. The highest BCUT2D eigenvalue weighted by Crippen LogP contribution is 2.30. The van der Waals surface area contributed by atoms with E-state index in [2.05, 4.69) is 9.97 Å². The van der Waals surface area contributed by atoms with Gasteiger partial charge in [0.1, 0.15) is 5.69 Å². The van der Waals surface area contributed by atoms with Crippen LogP contribution < -0.4 is 0 Å². The van der Waals surface area contributed by atoms with Gasteiger partial charge in [-0.1, -0.05) is 29.3 Å². The summed E-state index contributed by atoms with van der Waals surface area (Å²) in [6.07, 6.45) is 1.70. The van der Waals surface area contributed by atoms with E-state index in [1.807, 2.05) is 18.2 Å². The molecule has 0 saturated heterocycles. The fraction of sp³-hybridized carbons (Fsp3) is 0.222. The van der Waals surface area contributed by atoms with Crippen molar-refractivity contribution in [3.8, 4) is 0 Å². The molecular formula is C18H17Cl2N3O2. The minimum absolute atomic E-state index is 0.208. The molecule has 0 aliphatic rings. The van der Waals surface area contributed by atoms with Gasteiger partial charge in [-0.25, -0.2) is 0 Å². The molecule has 7 heteroatoms. The number of benzene rings is 1. The predicted molar refractivity (Wildman–Crippen MR) is 99.2 cm³/mol. The number of carbonyl (C=O) groups is 1. The number of H-pyrrole nitrogens is 1. The van der Waals surface area contributed by atoms with Crippen LogP contribution in [-0.4, -0.2) is 41.0 Å². The first kappa shape index (κ1) is 17.7. The van der Waals surface area contributed by atoms with Crippen LogP contribution in [0.5, 0.6) is 0 Å². The highest BCUT2D eigenvalue weighted by Gasteiger charge is 2.22. The van der Waals surface area contributed by atoms with Crippen LogP contribution in [0.25, 0.3) is 10.9 Å². The summed E-state index contributed by atoms with van der Waals surface area (Å²) in [5.74, 6) is -0.208. The Morgan fingerprint density at radius 3 is 2.84 bits per heavy atom. The Bertz CT molecular complexity index is 881. The number of nitrogens with zero attached hydrogens (tertiary/aromatic N) is 2. The molecule has 0 atom stereocenters. The van der Waals surface area contributed by atoms with Crippen LogP contribution in [0.2, 0.25) is 10.0 Å². The lowest BCUT2D eigenvalue weighted by Crippen LogP contribution is -2.34. The minimum atomic E-state index is -0.208. The molecule has 1 amide bonds. The second-order valence-electron chi connectivity index (χ2n) is 5.54. The standard InChI is InChI=1S/C18H17Cl2N3O2/c1-25-9-8-23(11-13-4-2-3-7-21-13)18(24)17-16(20)14-10-12(19)5-6-15(14)22-17/h2-7,10,22H,8-9,11H2,1H3. The number of carbonyl (C=O) groups excluding carboxylic acids is 1. The molecule has 25 heavy (non-hydrogen) atoms. The average molecular weight is 378 g/mol. The maximum atomic E-state index is 13.0. The number of hydrogen-bond donors (Lipinski definition) is 1. The summed E-state index contributed by atoms with van der Waals surface area (Å²) in [7, 11) is 1.60. The van der Waals surface area contributed by atoms with Crippen molar-refractivity contribution < 1.29 is 9.53 Å². The molecule has 0 aliphatic carbocycles. The third-order valence-electron chi connectivity index (χ3n) is 3.84. The van der Waals surface area contributed by atoms with Gasteiger partial charge in [0, 0.05) is 35.8 Å². The fourth-order valence-electron chi connectivity index (χ4n) is 2.58. The summed E-state index contributed by atoms with van der Waals surface area (Å²) in [6, 6.07) is 10.9. The summed E-state index contributed by atoms with van der Waals surface area (Å²) in [5, 5.41) is 1.66. The summed E-state index contributed by atoms with van der Waals surface area (Å²) < 4.78 is 5.13. The molecule has 0 saturated carbocycles. The zero-order valence-electron chi connectivity index (χ0n) is 13.6. The molecule has 3 aromatic rings. The lowest BCUT2D eigenvalue weighted by atomic mass is 10.2. The molecule has 5 nitrogen and oxygen atoms in total. The Kier molecular flexibility index (Phi) is 5.58. The SMILES string of the molecule is COCCN(Cc1ccccn1)C(=O)c1[nH]c2ccc(Cl)cc2c1Cl. The number of fused-ring (bicyclic) bond motifs is 1. The summed E-state index contributed by atoms with van der Waals surface area (Å²) in [5.41, 5.74) is 1.90. The number of pyridine rings is 1. The fourth-order valence-corrected chi connectivity index (χ4v) is 3.03. The Labute approximate surface area is 155 Å². The zero-order chi connectivity index (χ0) is 17.8. The summed E-state index contributed by atoms with van der Waals surface area (Å²) in [6.45, 7) is 1.22. The number of aromatic amines is 1.